The van der Waals surface area contributed by atoms with Crippen molar-refractivity contribution in [3.8, 4) is 0 Å². The van der Waals surface area contributed by atoms with E-state index in [2.05, 4.69) is 9.59 Å². The van der Waals surface area contributed by atoms with Gasteiger partial charge in [0.25, 0.3) is 0 Å². The van der Waals surface area contributed by atoms with Gasteiger partial charge in [-0.25, -0.2) is 0 Å². The Morgan fingerprint density at radius 2 is 2.64 bits per heavy atom. The van der Waals surface area contributed by atoms with Crippen LogP contribution in [0.25, 0.3) is 0 Å². The molecule has 0 fully saturated rings. The summed E-state index contributed by atoms with van der Waals surface area (Å²) in [4.78, 5) is 9.93. The topological polar surface area (TPSA) is 63.1 Å². The number of aldehydes is 1. The molecule has 0 radical (unpaired) electrons. The van der Waals surface area contributed by atoms with Gasteiger partial charge in [0.05, 0.1) is 6.10 Å². The largest absolute Gasteiger partial charge is 0.387 e. The molecule has 1 rings (SSSR count). The van der Waals surface area contributed by atoms with Gasteiger partial charge in [-0.1, -0.05) is 4.49 Å². The van der Waals surface area contributed by atoms with Gasteiger partial charge in [-0.3, -0.25) is 0 Å². The Hall–Kier alpha value is -0.810. The van der Waals surface area contributed by atoms with Crippen LogP contribution in [0.4, 0.5) is 0 Å². The van der Waals surface area contributed by atoms with Crippen LogP contribution in [0.1, 0.15) is 24.6 Å². The van der Waals surface area contributed by atoms with Crippen LogP contribution >= 0.6 is 11.5 Å². The Morgan fingerprint density at radius 1 is 1.82 bits per heavy atom. The number of nitrogens with zero attached hydrogens (tertiary/aromatic N) is 2. The van der Waals surface area contributed by atoms with Crippen molar-refractivity contribution >= 4 is 17.8 Å². The molecule has 1 N–H and O–H groups in total. The fraction of sp³-hybridized carbons (Fsp3) is 0.500. The normalized spacial score (nSPS) is 12.8. The van der Waals surface area contributed by atoms with Crippen molar-refractivity contribution in [1.29, 1.82) is 0 Å². The predicted octanol–water partition coefficient (Wildman–Crippen LogP) is 0.551. The molecule has 1 aromatic rings. The highest BCUT2D eigenvalue weighted by Gasteiger charge is 2.08. The summed E-state index contributed by atoms with van der Waals surface area (Å²) in [5, 5.41) is 14.6. The molecule has 0 saturated carbocycles. The van der Waals surface area contributed by atoms with Crippen molar-refractivity contribution in [1.82, 2.24) is 9.59 Å². The molecule has 11 heavy (non-hydrogen) atoms. The second kappa shape index (κ2) is 4.15. The Bertz CT molecular complexity index is 212. The van der Waals surface area contributed by atoms with E-state index in [1.807, 2.05) is 0 Å². The maximum atomic E-state index is 9.93. The lowest BCUT2D eigenvalue weighted by Crippen LogP contribution is -1.97. The minimum Gasteiger partial charge on any atom is -0.387 e. The number of carbonyl (C=O) groups excluding carboxylic acids is 1. The molecule has 0 spiro atoms. The maximum absolute atomic E-state index is 9.93. The van der Waals surface area contributed by atoms with Crippen LogP contribution in [0.2, 0.25) is 0 Å². The van der Waals surface area contributed by atoms with Crippen molar-refractivity contribution in [3.63, 3.8) is 0 Å². The highest BCUT2D eigenvalue weighted by Crippen LogP contribution is 2.15. The number of rotatable bonds is 4. The molecule has 0 bridgehead atoms. The van der Waals surface area contributed by atoms with Crippen LogP contribution < -0.4 is 0 Å². The Balaban J connectivity index is 2.42. The van der Waals surface area contributed by atoms with Crippen molar-refractivity contribution in [3.05, 3.63) is 11.1 Å². The second-order valence-electron chi connectivity index (χ2n) is 2.09. The molecule has 5 heteroatoms. The van der Waals surface area contributed by atoms with Crippen LogP contribution in [0.3, 0.4) is 0 Å². The molecule has 1 atom stereocenters. The first-order valence-corrected chi connectivity index (χ1v) is 4.07. The summed E-state index contributed by atoms with van der Waals surface area (Å²) < 4.78 is 3.59. The van der Waals surface area contributed by atoms with Gasteiger partial charge in [0.2, 0.25) is 0 Å². The van der Waals surface area contributed by atoms with E-state index >= 15 is 0 Å². The van der Waals surface area contributed by atoms with Gasteiger partial charge < -0.3 is 9.90 Å². The molecule has 0 aromatic carbocycles. The molecular weight excluding hydrogens is 164 g/mol. The van der Waals surface area contributed by atoms with Gasteiger partial charge in [0, 0.05) is 11.8 Å². The van der Waals surface area contributed by atoms with Gasteiger partial charge in [-0.15, -0.1) is 5.10 Å². The molecule has 0 aliphatic heterocycles. The second-order valence-corrected chi connectivity index (χ2v) is 2.70. The quantitative estimate of drug-likeness (QED) is 0.674. The van der Waals surface area contributed by atoms with E-state index in [0.29, 0.717) is 18.5 Å². The molecule has 0 saturated heterocycles. The van der Waals surface area contributed by atoms with Crippen LogP contribution in [-0.4, -0.2) is 21.0 Å². The fourth-order valence-corrected chi connectivity index (χ4v) is 1.19. The zero-order valence-corrected chi connectivity index (χ0v) is 6.62. The van der Waals surface area contributed by atoms with E-state index < -0.39 is 6.10 Å². The summed E-state index contributed by atoms with van der Waals surface area (Å²) in [6.45, 7) is 0. The maximum Gasteiger partial charge on any atom is 0.120 e. The predicted molar refractivity (Wildman–Crippen MR) is 40.2 cm³/mol. The van der Waals surface area contributed by atoms with E-state index in [1.165, 1.54) is 11.5 Å². The third-order valence-electron chi connectivity index (χ3n) is 1.28. The molecule has 60 valence electrons. The third-order valence-corrected chi connectivity index (χ3v) is 1.80. The SMILES string of the molecule is O=CCCC(O)c1csnn1. The molecule has 1 aromatic heterocycles. The number of aliphatic hydroxyl groups is 1. The molecule has 1 heterocycles. The average molecular weight is 172 g/mol. The van der Waals surface area contributed by atoms with Gasteiger partial charge in [0.1, 0.15) is 12.0 Å². The van der Waals surface area contributed by atoms with E-state index in [4.69, 9.17) is 0 Å². The first-order chi connectivity index (χ1) is 5.34. The smallest absolute Gasteiger partial charge is 0.120 e. The Kier molecular flexibility index (Phi) is 3.13. The highest BCUT2D eigenvalue weighted by atomic mass is 32.1. The van der Waals surface area contributed by atoms with Gasteiger partial charge in [-0.05, 0) is 18.0 Å². The van der Waals surface area contributed by atoms with Crippen molar-refractivity contribution in [2.45, 2.75) is 18.9 Å². The Morgan fingerprint density at radius 3 is 3.18 bits per heavy atom. The average Bonchev–Trinajstić information content (AvgIpc) is 2.52. The molecule has 0 aliphatic carbocycles. The van der Waals surface area contributed by atoms with Crippen LogP contribution in [0, 0.1) is 0 Å². The molecule has 0 aliphatic rings. The first-order valence-electron chi connectivity index (χ1n) is 3.23. The first kappa shape index (κ1) is 8.29. The number of hydrogen-bond acceptors (Lipinski definition) is 5. The summed E-state index contributed by atoms with van der Waals surface area (Å²) >= 11 is 1.19. The number of aliphatic hydroxyl groups excluding tert-OH is 1. The fourth-order valence-electron chi connectivity index (χ4n) is 0.691. The minimum atomic E-state index is -0.640. The van der Waals surface area contributed by atoms with Crippen molar-refractivity contribution in [2.75, 3.05) is 0 Å². The zero-order valence-electron chi connectivity index (χ0n) is 5.80. The molecular formula is C6H8N2O2S. The standard InChI is InChI=1S/C6H8N2O2S/c9-3-1-2-6(10)5-4-11-8-7-5/h3-4,6,10H,1-2H2. The lowest BCUT2D eigenvalue weighted by Gasteiger charge is -2.01. The summed E-state index contributed by atoms with van der Waals surface area (Å²) in [5.41, 5.74) is 0.553. The number of aromatic nitrogens is 2. The van der Waals surface area contributed by atoms with E-state index in [1.54, 1.807) is 5.38 Å². The van der Waals surface area contributed by atoms with Gasteiger partial charge >= 0.3 is 0 Å². The minimum absolute atomic E-state index is 0.360. The third kappa shape index (κ3) is 2.36. The van der Waals surface area contributed by atoms with Crippen LogP contribution in [-0.2, 0) is 4.79 Å². The summed E-state index contributed by atoms with van der Waals surface area (Å²) in [7, 11) is 0. The Labute approximate surface area is 68.0 Å². The molecule has 4 nitrogen and oxygen atoms in total. The monoisotopic (exact) mass is 172 g/mol. The van der Waals surface area contributed by atoms with E-state index in [-0.39, 0.29) is 0 Å². The lowest BCUT2D eigenvalue weighted by molar-refractivity contribution is -0.108. The summed E-state index contributed by atoms with van der Waals surface area (Å²) in [6, 6.07) is 0. The highest BCUT2D eigenvalue weighted by molar-refractivity contribution is 7.03. The van der Waals surface area contributed by atoms with E-state index in [0.717, 1.165) is 6.29 Å². The van der Waals surface area contributed by atoms with E-state index in [9.17, 15) is 9.90 Å². The zero-order chi connectivity index (χ0) is 8.10. The van der Waals surface area contributed by atoms with Crippen LogP contribution in [0.5, 0.6) is 0 Å². The lowest BCUT2D eigenvalue weighted by atomic mass is 10.2. The summed E-state index contributed by atoms with van der Waals surface area (Å²) in [6.07, 6.45) is 0.926. The summed E-state index contributed by atoms with van der Waals surface area (Å²) in [5.74, 6) is 0. The van der Waals surface area contributed by atoms with Gasteiger partial charge in [-0.2, -0.15) is 0 Å². The van der Waals surface area contributed by atoms with Crippen LogP contribution in [0.15, 0.2) is 5.38 Å². The molecule has 0 amide bonds. The van der Waals surface area contributed by atoms with Crippen molar-refractivity contribution < 1.29 is 9.90 Å². The van der Waals surface area contributed by atoms with Gasteiger partial charge in [0.15, 0.2) is 0 Å². The number of hydrogen-bond donors (Lipinski definition) is 1. The molecule has 1 unspecified atom stereocenters. The number of carbonyl (C=O) groups is 1. The van der Waals surface area contributed by atoms with Crippen molar-refractivity contribution in [2.24, 2.45) is 0 Å².